The van der Waals surface area contributed by atoms with Crippen LogP contribution in [-0.2, 0) is 11.3 Å². The molecule has 32 heavy (non-hydrogen) atoms. The summed E-state index contributed by atoms with van der Waals surface area (Å²) in [6.07, 6.45) is 8.04. The number of carbonyl (C=O) groups excluding carboxylic acids is 1. The Labute approximate surface area is 186 Å². The summed E-state index contributed by atoms with van der Waals surface area (Å²) in [6.45, 7) is 2.92. The van der Waals surface area contributed by atoms with Crippen molar-refractivity contribution in [3.63, 3.8) is 0 Å². The molecule has 0 saturated heterocycles. The van der Waals surface area contributed by atoms with E-state index in [1.165, 1.54) is 12.2 Å². The Kier molecular flexibility index (Phi) is 6.40. The van der Waals surface area contributed by atoms with Gasteiger partial charge in [0, 0.05) is 17.5 Å². The van der Waals surface area contributed by atoms with E-state index in [0.717, 1.165) is 35.1 Å². The Hall–Kier alpha value is -3.80. The summed E-state index contributed by atoms with van der Waals surface area (Å²) < 4.78 is 17.7. The number of fused-ring (bicyclic) bond motifs is 2. The van der Waals surface area contributed by atoms with Crippen molar-refractivity contribution >= 4 is 28.8 Å². The number of pyridine rings is 1. The third kappa shape index (κ3) is 4.59. The Morgan fingerprint density at radius 1 is 1.06 bits per heavy atom. The zero-order valence-corrected chi connectivity index (χ0v) is 18.2. The van der Waals surface area contributed by atoms with E-state index in [-0.39, 0.29) is 18.1 Å². The minimum Gasteiger partial charge on any atom is -0.497 e. The van der Waals surface area contributed by atoms with Gasteiger partial charge in [-0.1, -0.05) is 25.5 Å². The maximum atomic E-state index is 13.1. The van der Waals surface area contributed by atoms with Crippen LogP contribution in [0.15, 0.2) is 59.4 Å². The van der Waals surface area contributed by atoms with Crippen molar-refractivity contribution < 1.29 is 19.0 Å². The molecule has 164 valence electrons. The van der Waals surface area contributed by atoms with Crippen LogP contribution in [0.4, 0.5) is 0 Å². The van der Waals surface area contributed by atoms with Gasteiger partial charge >= 0.3 is 0 Å². The highest BCUT2D eigenvalue weighted by Gasteiger charge is 2.12. The molecule has 0 N–H and O–H groups in total. The van der Waals surface area contributed by atoms with Crippen LogP contribution < -0.4 is 19.8 Å². The van der Waals surface area contributed by atoms with E-state index in [4.69, 9.17) is 14.2 Å². The molecular formula is C26H25NO5. The lowest BCUT2D eigenvalue weighted by Crippen LogP contribution is -2.22. The highest BCUT2D eigenvalue weighted by molar-refractivity contribution is 6.04. The minimum absolute atomic E-state index is 0.111. The predicted octanol–water partition coefficient (Wildman–Crippen LogP) is 4.83. The summed E-state index contributed by atoms with van der Waals surface area (Å²) in [7, 11) is 1.61. The van der Waals surface area contributed by atoms with Crippen molar-refractivity contribution in [3.05, 3.63) is 76.1 Å². The van der Waals surface area contributed by atoms with Gasteiger partial charge < -0.3 is 18.8 Å². The van der Waals surface area contributed by atoms with Gasteiger partial charge in [0.05, 0.1) is 12.6 Å². The molecule has 0 unspecified atom stereocenters. The molecule has 6 heteroatoms. The van der Waals surface area contributed by atoms with Crippen molar-refractivity contribution in [3.8, 4) is 17.2 Å². The van der Waals surface area contributed by atoms with E-state index in [0.29, 0.717) is 23.6 Å². The first-order valence-corrected chi connectivity index (χ1v) is 10.6. The number of ketones is 1. The fourth-order valence-corrected chi connectivity index (χ4v) is 3.60. The van der Waals surface area contributed by atoms with E-state index < -0.39 is 0 Å². The Morgan fingerprint density at radius 3 is 2.69 bits per heavy atom. The van der Waals surface area contributed by atoms with Crippen LogP contribution in [0.25, 0.3) is 23.1 Å². The number of hydrogen-bond acceptors (Lipinski definition) is 5. The number of aromatic nitrogens is 1. The molecule has 1 aromatic heterocycles. The average molecular weight is 431 g/mol. The van der Waals surface area contributed by atoms with Gasteiger partial charge in [-0.25, -0.2) is 0 Å². The number of ether oxygens (including phenoxy) is 3. The number of rotatable bonds is 8. The van der Waals surface area contributed by atoms with Crippen LogP contribution in [0.3, 0.4) is 0 Å². The Morgan fingerprint density at radius 2 is 1.88 bits per heavy atom. The van der Waals surface area contributed by atoms with Crippen LogP contribution in [0.5, 0.6) is 17.2 Å². The first-order chi connectivity index (χ1) is 15.6. The predicted molar refractivity (Wildman–Crippen MR) is 125 cm³/mol. The SMILES string of the molecule is CCCCn1c(=O)c(/C=C/C(=O)/C=C/c2ccc3c(c2)OCO3)cc2cc(OC)ccc21. The van der Waals surface area contributed by atoms with Gasteiger partial charge in [0.2, 0.25) is 6.79 Å². The maximum absolute atomic E-state index is 13.1. The molecule has 0 aliphatic carbocycles. The molecule has 0 atom stereocenters. The molecule has 0 spiro atoms. The van der Waals surface area contributed by atoms with Crippen molar-refractivity contribution in [2.45, 2.75) is 26.3 Å². The number of aryl methyl sites for hydroxylation is 1. The van der Waals surface area contributed by atoms with E-state index in [9.17, 15) is 9.59 Å². The number of benzene rings is 2. The third-order valence-electron chi connectivity index (χ3n) is 5.33. The summed E-state index contributed by atoms with van der Waals surface area (Å²) in [5, 5.41) is 0.892. The van der Waals surface area contributed by atoms with Crippen molar-refractivity contribution in [2.75, 3.05) is 13.9 Å². The summed E-state index contributed by atoms with van der Waals surface area (Å²) in [5.74, 6) is 1.86. The molecule has 1 aliphatic heterocycles. The topological polar surface area (TPSA) is 66.8 Å². The number of allylic oxidation sites excluding steroid dienone is 2. The fraction of sp³-hybridized carbons (Fsp3) is 0.231. The third-order valence-corrected chi connectivity index (χ3v) is 5.33. The summed E-state index contributed by atoms with van der Waals surface area (Å²) >= 11 is 0. The lowest BCUT2D eigenvalue weighted by Gasteiger charge is -2.12. The number of unbranched alkanes of at least 4 members (excludes halogenated alkanes) is 1. The molecule has 2 aromatic carbocycles. The molecule has 6 nitrogen and oxygen atoms in total. The van der Waals surface area contributed by atoms with Crippen LogP contribution in [0.2, 0.25) is 0 Å². The molecule has 2 heterocycles. The van der Waals surface area contributed by atoms with E-state index in [2.05, 4.69) is 6.92 Å². The highest BCUT2D eigenvalue weighted by atomic mass is 16.7. The van der Waals surface area contributed by atoms with E-state index in [1.807, 2.05) is 36.4 Å². The second-order valence-corrected chi connectivity index (χ2v) is 7.52. The monoisotopic (exact) mass is 431 g/mol. The van der Waals surface area contributed by atoms with Crippen molar-refractivity contribution in [1.29, 1.82) is 0 Å². The fourth-order valence-electron chi connectivity index (χ4n) is 3.60. The molecule has 4 rings (SSSR count). The van der Waals surface area contributed by atoms with Gasteiger partial charge in [0.1, 0.15) is 5.75 Å². The van der Waals surface area contributed by atoms with Gasteiger partial charge in [0.25, 0.3) is 5.56 Å². The zero-order valence-electron chi connectivity index (χ0n) is 18.2. The Balaban J connectivity index is 1.60. The second kappa shape index (κ2) is 9.56. The summed E-state index contributed by atoms with van der Waals surface area (Å²) in [4.78, 5) is 25.5. The van der Waals surface area contributed by atoms with Crippen LogP contribution in [0.1, 0.15) is 30.9 Å². The van der Waals surface area contributed by atoms with Gasteiger partial charge in [0.15, 0.2) is 17.3 Å². The molecular weight excluding hydrogens is 406 g/mol. The normalized spacial score (nSPS) is 12.8. The van der Waals surface area contributed by atoms with E-state index in [1.54, 1.807) is 29.9 Å². The largest absolute Gasteiger partial charge is 0.497 e. The number of nitrogens with zero attached hydrogens (tertiary/aromatic N) is 1. The maximum Gasteiger partial charge on any atom is 0.258 e. The van der Waals surface area contributed by atoms with Gasteiger partial charge in [-0.3, -0.25) is 9.59 Å². The zero-order chi connectivity index (χ0) is 22.5. The lowest BCUT2D eigenvalue weighted by molar-refractivity contribution is -0.110. The quantitative estimate of drug-likeness (QED) is 0.478. The lowest BCUT2D eigenvalue weighted by atomic mass is 10.1. The average Bonchev–Trinajstić information content (AvgIpc) is 3.28. The molecule has 0 amide bonds. The van der Waals surface area contributed by atoms with Gasteiger partial charge in [-0.15, -0.1) is 0 Å². The van der Waals surface area contributed by atoms with Crippen molar-refractivity contribution in [2.24, 2.45) is 0 Å². The molecule has 0 bridgehead atoms. The van der Waals surface area contributed by atoms with Gasteiger partial charge in [-0.05, 0) is 66.6 Å². The highest BCUT2D eigenvalue weighted by Crippen LogP contribution is 2.32. The molecule has 0 fully saturated rings. The molecule has 3 aromatic rings. The van der Waals surface area contributed by atoms with Crippen LogP contribution >= 0.6 is 0 Å². The summed E-state index contributed by atoms with van der Waals surface area (Å²) in [5.41, 5.74) is 2.04. The minimum atomic E-state index is -0.215. The smallest absolute Gasteiger partial charge is 0.258 e. The van der Waals surface area contributed by atoms with Crippen LogP contribution in [-0.4, -0.2) is 24.3 Å². The number of methoxy groups -OCH3 is 1. The Bertz CT molecular complexity index is 1270. The van der Waals surface area contributed by atoms with Gasteiger partial charge in [-0.2, -0.15) is 0 Å². The molecule has 0 radical (unpaired) electrons. The first-order valence-electron chi connectivity index (χ1n) is 10.6. The first kappa shape index (κ1) is 21.4. The van der Waals surface area contributed by atoms with E-state index >= 15 is 0 Å². The number of hydrogen-bond donors (Lipinski definition) is 0. The molecule has 0 saturated carbocycles. The molecule has 1 aliphatic rings. The van der Waals surface area contributed by atoms with Crippen molar-refractivity contribution in [1.82, 2.24) is 4.57 Å². The second-order valence-electron chi connectivity index (χ2n) is 7.52. The summed E-state index contributed by atoms with van der Waals surface area (Å²) in [6, 6.07) is 12.9. The standard InChI is InChI=1S/C26H25NO5/c1-3-4-13-27-23-11-10-22(30-2)16-20(23)15-19(26(27)29)7-9-21(28)8-5-18-6-12-24-25(14-18)32-17-31-24/h5-12,14-16H,3-4,13,17H2,1-2H3/b8-5+,9-7+. The van der Waals surface area contributed by atoms with Crippen LogP contribution in [0, 0.1) is 0 Å². The number of carbonyl (C=O) groups is 1.